The average Bonchev–Trinajstić information content (AvgIpc) is 2.60. The van der Waals surface area contributed by atoms with E-state index in [0.29, 0.717) is 29.0 Å². The normalized spacial score (nSPS) is 10.1. The van der Waals surface area contributed by atoms with Crippen LogP contribution in [-0.2, 0) is 4.79 Å². The molecule has 0 spiro atoms. The fourth-order valence-corrected chi connectivity index (χ4v) is 2.03. The van der Waals surface area contributed by atoms with E-state index >= 15 is 0 Å². The number of ether oxygens (including phenoxy) is 2. The fraction of sp³-hybridized carbons (Fsp3) is 0.353. The molecule has 8 heteroatoms. The summed E-state index contributed by atoms with van der Waals surface area (Å²) < 4.78 is 10.6. The fourth-order valence-electron chi connectivity index (χ4n) is 2.03. The molecule has 8 nitrogen and oxygen atoms in total. The topological polar surface area (TPSA) is 79.8 Å². The molecule has 0 bridgehead atoms. The summed E-state index contributed by atoms with van der Waals surface area (Å²) in [5.41, 5.74) is 0.523. The molecule has 0 saturated carbocycles. The van der Waals surface area contributed by atoms with Crippen LogP contribution < -0.4 is 24.6 Å². The molecule has 1 N–H and O–H groups in total. The van der Waals surface area contributed by atoms with Crippen molar-refractivity contribution in [1.82, 2.24) is 9.97 Å². The lowest BCUT2D eigenvalue weighted by molar-refractivity contribution is -0.118. The summed E-state index contributed by atoms with van der Waals surface area (Å²) in [6.07, 6.45) is 1.58. The van der Waals surface area contributed by atoms with Crippen LogP contribution in [0.4, 0.5) is 17.5 Å². The summed E-state index contributed by atoms with van der Waals surface area (Å²) in [5, 5.41) is 2.78. The summed E-state index contributed by atoms with van der Waals surface area (Å²) in [4.78, 5) is 24.5. The molecule has 1 aromatic carbocycles. The van der Waals surface area contributed by atoms with Gasteiger partial charge in [0, 0.05) is 34.3 Å². The number of amides is 1. The van der Waals surface area contributed by atoms with Gasteiger partial charge in [-0.1, -0.05) is 6.07 Å². The van der Waals surface area contributed by atoms with Crippen molar-refractivity contribution >= 4 is 23.4 Å². The van der Waals surface area contributed by atoms with Gasteiger partial charge in [0.1, 0.15) is 17.2 Å². The van der Waals surface area contributed by atoms with Gasteiger partial charge < -0.3 is 24.6 Å². The number of benzene rings is 1. The number of carbonyl (C=O) groups excluding carboxylic acids is 1. The van der Waals surface area contributed by atoms with Crippen molar-refractivity contribution in [3.05, 3.63) is 30.5 Å². The number of rotatable bonds is 7. The predicted molar refractivity (Wildman–Crippen MR) is 97.8 cm³/mol. The van der Waals surface area contributed by atoms with Crippen LogP contribution in [0.15, 0.2) is 30.5 Å². The molecular weight excluding hydrogens is 322 g/mol. The maximum absolute atomic E-state index is 12.2. The van der Waals surface area contributed by atoms with Gasteiger partial charge in [0.05, 0.1) is 13.3 Å². The Morgan fingerprint density at radius 1 is 1.16 bits per heavy atom. The summed E-state index contributed by atoms with van der Waals surface area (Å²) >= 11 is 0. The highest BCUT2D eigenvalue weighted by Gasteiger charge is 2.13. The van der Waals surface area contributed by atoms with Crippen molar-refractivity contribution < 1.29 is 14.3 Å². The highest BCUT2D eigenvalue weighted by Crippen LogP contribution is 2.23. The van der Waals surface area contributed by atoms with E-state index in [-0.39, 0.29) is 12.5 Å². The number of carbonyl (C=O) groups is 1. The van der Waals surface area contributed by atoms with Gasteiger partial charge >= 0.3 is 0 Å². The molecule has 0 aliphatic carbocycles. The second-order valence-corrected chi connectivity index (χ2v) is 5.71. The lowest BCUT2D eigenvalue weighted by Gasteiger charge is -2.19. The molecule has 134 valence electrons. The quantitative estimate of drug-likeness (QED) is 0.817. The molecule has 0 saturated heterocycles. The number of nitrogens with one attached hydrogen (secondary N) is 1. The van der Waals surface area contributed by atoms with Crippen molar-refractivity contribution in [1.29, 1.82) is 0 Å². The molecule has 0 fully saturated rings. The Balaban J connectivity index is 2.04. The minimum Gasteiger partial charge on any atom is -0.497 e. The van der Waals surface area contributed by atoms with Crippen LogP contribution in [0.3, 0.4) is 0 Å². The largest absolute Gasteiger partial charge is 0.497 e. The lowest BCUT2D eigenvalue weighted by atomic mass is 10.3. The molecule has 25 heavy (non-hydrogen) atoms. The van der Waals surface area contributed by atoms with Crippen molar-refractivity contribution in [2.24, 2.45) is 0 Å². The Hall–Kier alpha value is -3.03. The van der Waals surface area contributed by atoms with Crippen molar-refractivity contribution in [2.45, 2.75) is 0 Å². The van der Waals surface area contributed by atoms with E-state index in [9.17, 15) is 4.79 Å². The number of methoxy groups -OCH3 is 1. The van der Waals surface area contributed by atoms with Crippen molar-refractivity contribution in [2.75, 3.05) is 57.0 Å². The molecule has 0 aliphatic rings. The number of aromatic nitrogens is 2. The first-order valence-electron chi connectivity index (χ1n) is 7.69. The van der Waals surface area contributed by atoms with Crippen LogP contribution >= 0.6 is 0 Å². The molecule has 1 heterocycles. The maximum Gasteiger partial charge on any atom is 0.262 e. The number of nitrogens with zero attached hydrogens (tertiary/aromatic N) is 4. The van der Waals surface area contributed by atoms with Gasteiger partial charge in [0.15, 0.2) is 12.4 Å². The Bertz CT molecular complexity index is 734. The van der Waals surface area contributed by atoms with E-state index in [1.54, 1.807) is 42.5 Å². The van der Waals surface area contributed by atoms with Crippen LogP contribution in [-0.4, -0.2) is 57.8 Å². The Morgan fingerprint density at radius 3 is 2.52 bits per heavy atom. The maximum atomic E-state index is 12.2. The third kappa shape index (κ3) is 4.97. The van der Waals surface area contributed by atoms with Gasteiger partial charge in [-0.25, -0.2) is 4.98 Å². The van der Waals surface area contributed by atoms with E-state index in [4.69, 9.17) is 9.47 Å². The smallest absolute Gasteiger partial charge is 0.262 e. The lowest BCUT2D eigenvalue weighted by Crippen LogP contribution is -2.24. The van der Waals surface area contributed by atoms with E-state index < -0.39 is 0 Å². The van der Waals surface area contributed by atoms with E-state index in [1.807, 2.05) is 33.1 Å². The number of hydrogen-bond acceptors (Lipinski definition) is 7. The van der Waals surface area contributed by atoms with E-state index in [2.05, 4.69) is 15.3 Å². The first-order valence-corrected chi connectivity index (χ1v) is 7.69. The summed E-state index contributed by atoms with van der Waals surface area (Å²) in [5.74, 6) is 2.11. The monoisotopic (exact) mass is 345 g/mol. The van der Waals surface area contributed by atoms with Crippen LogP contribution in [0.1, 0.15) is 0 Å². The standard InChI is InChI=1S/C17H23N5O3/c1-21(2)16-14(10-18-17(20-16)22(3)4)19-15(23)11-25-13-8-6-7-12(9-13)24-5/h6-10H,11H2,1-5H3,(H,19,23). The molecule has 0 radical (unpaired) electrons. The molecule has 2 rings (SSSR count). The summed E-state index contributed by atoms with van der Waals surface area (Å²) in [7, 11) is 8.99. The zero-order chi connectivity index (χ0) is 18.4. The highest BCUT2D eigenvalue weighted by atomic mass is 16.5. The van der Waals surface area contributed by atoms with Gasteiger partial charge in [0.2, 0.25) is 5.95 Å². The Labute approximate surface area is 147 Å². The van der Waals surface area contributed by atoms with Crippen LogP contribution in [0.2, 0.25) is 0 Å². The first kappa shape index (κ1) is 18.3. The zero-order valence-corrected chi connectivity index (χ0v) is 15.1. The van der Waals surface area contributed by atoms with Crippen molar-refractivity contribution in [3.63, 3.8) is 0 Å². The third-order valence-corrected chi connectivity index (χ3v) is 3.26. The van der Waals surface area contributed by atoms with Crippen LogP contribution in [0.5, 0.6) is 11.5 Å². The van der Waals surface area contributed by atoms with Crippen LogP contribution in [0.25, 0.3) is 0 Å². The summed E-state index contributed by atoms with van der Waals surface area (Å²) in [6, 6.07) is 7.08. The SMILES string of the molecule is COc1cccc(OCC(=O)Nc2cnc(N(C)C)nc2N(C)C)c1. The molecular formula is C17H23N5O3. The van der Waals surface area contributed by atoms with Crippen LogP contribution in [0, 0.1) is 0 Å². The molecule has 0 unspecified atom stereocenters. The van der Waals surface area contributed by atoms with Gasteiger partial charge in [-0.15, -0.1) is 0 Å². The Kier molecular flexibility index (Phi) is 5.99. The Morgan fingerprint density at radius 2 is 1.88 bits per heavy atom. The van der Waals surface area contributed by atoms with Gasteiger partial charge in [0.25, 0.3) is 5.91 Å². The first-order chi connectivity index (χ1) is 11.9. The second kappa shape index (κ2) is 8.18. The summed E-state index contributed by atoms with van der Waals surface area (Å²) in [6.45, 7) is -0.129. The van der Waals surface area contributed by atoms with Gasteiger partial charge in [-0.3, -0.25) is 4.79 Å². The van der Waals surface area contributed by atoms with Gasteiger partial charge in [-0.05, 0) is 12.1 Å². The van der Waals surface area contributed by atoms with Gasteiger partial charge in [-0.2, -0.15) is 4.98 Å². The zero-order valence-electron chi connectivity index (χ0n) is 15.1. The second-order valence-electron chi connectivity index (χ2n) is 5.71. The molecule has 1 amide bonds. The molecule has 2 aromatic rings. The number of anilines is 3. The average molecular weight is 345 g/mol. The number of hydrogen-bond donors (Lipinski definition) is 1. The minimum absolute atomic E-state index is 0.129. The molecule has 0 aliphatic heterocycles. The van der Waals surface area contributed by atoms with E-state index in [1.165, 1.54) is 0 Å². The predicted octanol–water partition coefficient (Wildman–Crippen LogP) is 1.63. The van der Waals surface area contributed by atoms with Crippen molar-refractivity contribution in [3.8, 4) is 11.5 Å². The molecule has 1 aromatic heterocycles. The van der Waals surface area contributed by atoms with E-state index in [0.717, 1.165) is 0 Å². The minimum atomic E-state index is -0.299. The highest BCUT2D eigenvalue weighted by molar-refractivity contribution is 5.94. The third-order valence-electron chi connectivity index (χ3n) is 3.26. The molecule has 0 atom stereocenters.